The van der Waals surface area contributed by atoms with Crippen LogP contribution in [0.15, 0.2) is 10.9 Å². The summed E-state index contributed by atoms with van der Waals surface area (Å²) in [5.74, 6) is -0.590. The summed E-state index contributed by atoms with van der Waals surface area (Å²) >= 11 is 0. The van der Waals surface area contributed by atoms with Gasteiger partial charge < -0.3 is 10.1 Å². The topological polar surface area (TPSA) is 73.4 Å². The van der Waals surface area contributed by atoms with Crippen LogP contribution in [-0.4, -0.2) is 34.0 Å². The van der Waals surface area contributed by atoms with Crippen molar-refractivity contribution in [2.45, 2.75) is 26.8 Å². The van der Waals surface area contributed by atoms with Gasteiger partial charge in [0.15, 0.2) is 0 Å². The lowest BCUT2D eigenvalue weighted by Gasteiger charge is -2.29. The predicted octanol–water partition coefficient (Wildman–Crippen LogP) is 1.09. The van der Waals surface area contributed by atoms with Crippen LogP contribution in [0.2, 0.25) is 0 Å². The summed E-state index contributed by atoms with van der Waals surface area (Å²) in [5.41, 5.74) is 1.14. The lowest BCUT2D eigenvalue weighted by atomic mass is 10.0. The third kappa shape index (κ3) is 2.61. The second-order valence-corrected chi connectivity index (χ2v) is 5.20. The normalized spacial score (nSPS) is 15.7. The molecule has 98 valence electrons. The highest BCUT2D eigenvalue weighted by molar-refractivity contribution is 5.87. The number of H-pyrrole nitrogens is 1. The number of rotatable bonds is 3. The molecule has 0 amide bonds. The number of fused-ring (bicyclic) bond motifs is 1. The minimum atomic E-state index is -1.17. The zero-order valence-electron chi connectivity index (χ0n) is 10.7. The summed E-state index contributed by atoms with van der Waals surface area (Å²) in [7, 11) is 0. The summed E-state index contributed by atoms with van der Waals surface area (Å²) in [6, 6.07) is 1.52. The quantitative estimate of drug-likeness (QED) is 0.842. The largest absolute Gasteiger partial charge is 0.477 e. The van der Waals surface area contributed by atoms with Crippen LogP contribution in [0.25, 0.3) is 0 Å². The molecule has 0 spiro atoms. The summed E-state index contributed by atoms with van der Waals surface area (Å²) < 4.78 is 0. The first-order valence-electron chi connectivity index (χ1n) is 6.18. The Morgan fingerprint density at radius 3 is 2.89 bits per heavy atom. The van der Waals surface area contributed by atoms with Crippen LogP contribution in [0.5, 0.6) is 0 Å². The molecular formula is C13H18N2O3. The van der Waals surface area contributed by atoms with Crippen molar-refractivity contribution in [1.29, 1.82) is 0 Å². The first-order chi connectivity index (χ1) is 8.47. The fraction of sp³-hybridized carbons (Fsp3) is 0.538. The molecule has 2 N–H and O–H groups in total. The van der Waals surface area contributed by atoms with E-state index in [1.54, 1.807) is 0 Å². The Labute approximate surface area is 105 Å². The second kappa shape index (κ2) is 4.94. The number of hydrogen-bond acceptors (Lipinski definition) is 3. The van der Waals surface area contributed by atoms with Gasteiger partial charge in [-0.05, 0) is 17.5 Å². The molecule has 0 bridgehead atoms. The highest BCUT2D eigenvalue weighted by atomic mass is 16.4. The van der Waals surface area contributed by atoms with E-state index in [9.17, 15) is 9.59 Å². The van der Waals surface area contributed by atoms with Gasteiger partial charge in [0.2, 0.25) is 0 Å². The molecule has 0 radical (unpaired) electrons. The Morgan fingerprint density at radius 1 is 1.56 bits per heavy atom. The van der Waals surface area contributed by atoms with E-state index in [2.05, 4.69) is 23.7 Å². The van der Waals surface area contributed by atoms with Gasteiger partial charge in [0.05, 0.1) is 0 Å². The van der Waals surface area contributed by atoms with Gasteiger partial charge in [-0.25, -0.2) is 4.79 Å². The zero-order chi connectivity index (χ0) is 13.3. The van der Waals surface area contributed by atoms with Crippen molar-refractivity contribution in [2.24, 2.45) is 5.92 Å². The Balaban J connectivity index is 2.28. The van der Waals surface area contributed by atoms with E-state index in [1.165, 1.54) is 6.07 Å². The summed E-state index contributed by atoms with van der Waals surface area (Å²) in [6.07, 6.45) is 0.775. The van der Waals surface area contributed by atoms with Gasteiger partial charge in [-0.15, -0.1) is 0 Å². The Hall–Kier alpha value is -1.62. The molecule has 1 aliphatic heterocycles. The number of aromatic nitrogens is 1. The molecule has 1 aromatic rings. The van der Waals surface area contributed by atoms with E-state index in [4.69, 9.17) is 5.11 Å². The first-order valence-corrected chi connectivity index (χ1v) is 6.18. The molecule has 0 atom stereocenters. The standard InChI is InChI=1S/C13H18N2O3/c1-8(2)6-15-4-3-11-9(7-15)5-10(13(17)18)12(16)14-11/h5,8H,3-4,6-7H2,1-2H3,(H,14,16)(H,17,18). The molecule has 0 fully saturated rings. The number of nitrogens with zero attached hydrogens (tertiary/aromatic N) is 1. The number of carboxylic acids is 1. The van der Waals surface area contributed by atoms with Crippen LogP contribution in [0.3, 0.4) is 0 Å². The van der Waals surface area contributed by atoms with Gasteiger partial charge in [-0.2, -0.15) is 0 Å². The number of hydrogen-bond donors (Lipinski definition) is 2. The van der Waals surface area contributed by atoms with Gasteiger partial charge in [0.1, 0.15) is 5.56 Å². The Kier molecular flexibility index (Phi) is 3.52. The maximum absolute atomic E-state index is 11.5. The summed E-state index contributed by atoms with van der Waals surface area (Å²) in [5, 5.41) is 8.94. The van der Waals surface area contributed by atoms with Crippen molar-refractivity contribution < 1.29 is 9.90 Å². The Morgan fingerprint density at radius 2 is 2.28 bits per heavy atom. The number of pyridine rings is 1. The molecule has 2 rings (SSSR count). The number of aromatic amines is 1. The molecule has 1 aliphatic rings. The highest BCUT2D eigenvalue weighted by Gasteiger charge is 2.20. The van der Waals surface area contributed by atoms with Crippen LogP contribution < -0.4 is 5.56 Å². The average molecular weight is 250 g/mol. The molecule has 2 heterocycles. The van der Waals surface area contributed by atoms with Crippen molar-refractivity contribution in [2.75, 3.05) is 13.1 Å². The molecule has 18 heavy (non-hydrogen) atoms. The number of carboxylic acid groups (broad SMARTS) is 1. The first kappa shape index (κ1) is 12.8. The van der Waals surface area contributed by atoms with Crippen LogP contribution >= 0.6 is 0 Å². The smallest absolute Gasteiger partial charge is 0.341 e. The third-order valence-electron chi connectivity index (χ3n) is 3.14. The van der Waals surface area contributed by atoms with Crippen LogP contribution in [0.4, 0.5) is 0 Å². The van der Waals surface area contributed by atoms with Gasteiger partial charge in [-0.1, -0.05) is 13.8 Å². The van der Waals surface area contributed by atoms with Crippen molar-refractivity contribution in [1.82, 2.24) is 9.88 Å². The molecule has 0 aromatic carbocycles. The van der Waals surface area contributed by atoms with Crippen molar-refractivity contribution in [3.8, 4) is 0 Å². The lowest BCUT2D eigenvalue weighted by Crippen LogP contribution is -2.35. The minimum Gasteiger partial charge on any atom is -0.477 e. The second-order valence-electron chi connectivity index (χ2n) is 5.20. The predicted molar refractivity (Wildman–Crippen MR) is 67.8 cm³/mol. The van der Waals surface area contributed by atoms with Crippen LogP contribution in [0.1, 0.15) is 35.5 Å². The van der Waals surface area contributed by atoms with E-state index in [1.807, 2.05) is 0 Å². The summed E-state index contributed by atoms with van der Waals surface area (Å²) in [4.78, 5) is 27.5. The van der Waals surface area contributed by atoms with Crippen LogP contribution in [-0.2, 0) is 13.0 Å². The Bertz CT molecular complexity index is 519. The molecule has 1 aromatic heterocycles. The number of carbonyl (C=O) groups is 1. The molecule has 5 nitrogen and oxygen atoms in total. The molecule has 5 heteroatoms. The monoisotopic (exact) mass is 250 g/mol. The molecule has 0 unspecified atom stereocenters. The van der Waals surface area contributed by atoms with Gasteiger partial charge in [-0.3, -0.25) is 9.69 Å². The van der Waals surface area contributed by atoms with Gasteiger partial charge in [0, 0.05) is 31.7 Å². The van der Waals surface area contributed by atoms with E-state index in [-0.39, 0.29) is 5.56 Å². The van der Waals surface area contributed by atoms with Gasteiger partial charge in [0.25, 0.3) is 5.56 Å². The number of aromatic carboxylic acids is 1. The minimum absolute atomic E-state index is 0.167. The van der Waals surface area contributed by atoms with E-state index < -0.39 is 11.5 Å². The fourth-order valence-corrected chi connectivity index (χ4v) is 2.40. The molecule has 0 saturated heterocycles. The van der Waals surface area contributed by atoms with Gasteiger partial charge >= 0.3 is 5.97 Å². The zero-order valence-corrected chi connectivity index (χ0v) is 10.7. The van der Waals surface area contributed by atoms with E-state index in [0.29, 0.717) is 12.5 Å². The van der Waals surface area contributed by atoms with E-state index >= 15 is 0 Å². The molecule has 0 saturated carbocycles. The SMILES string of the molecule is CC(C)CN1CCc2[nH]c(=O)c(C(=O)O)cc2C1. The fourth-order valence-electron chi connectivity index (χ4n) is 2.40. The van der Waals surface area contributed by atoms with Crippen molar-refractivity contribution in [3.05, 3.63) is 33.2 Å². The lowest BCUT2D eigenvalue weighted by molar-refractivity contribution is 0.0694. The maximum atomic E-state index is 11.5. The third-order valence-corrected chi connectivity index (χ3v) is 3.14. The van der Waals surface area contributed by atoms with Crippen LogP contribution in [0, 0.1) is 5.92 Å². The van der Waals surface area contributed by atoms with Crippen molar-refractivity contribution in [3.63, 3.8) is 0 Å². The molecule has 0 aliphatic carbocycles. The summed E-state index contributed by atoms with van der Waals surface area (Å²) in [6.45, 7) is 6.93. The average Bonchev–Trinajstić information content (AvgIpc) is 2.27. The highest BCUT2D eigenvalue weighted by Crippen LogP contribution is 2.17. The van der Waals surface area contributed by atoms with E-state index in [0.717, 1.165) is 30.8 Å². The van der Waals surface area contributed by atoms with Crippen molar-refractivity contribution >= 4 is 5.97 Å². The number of nitrogens with one attached hydrogen (secondary N) is 1. The molecular weight excluding hydrogens is 232 g/mol. The maximum Gasteiger partial charge on any atom is 0.341 e.